The van der Waals surface area contributed by atoms with E-state index in [0.717, 1.165) is 0 Å². The summed E-state index contributed by atoms with van der Waals surface area (Å²) < 4.78 is 0. The molecular weight excluding hydrogens is 236 g/mol. The van der Waals surface area contributed by atoms with Crippen LogP contribution < -0.4 is 4.90 Å². The van der Waals surface area contributed by atoms with Gasteiger partial charge in [0.1, 0.15) is 6.07 Å². The predicted molar refractivity (Wildman–Crippen MR) is 66.8 cm³/mol. The van der Waals surface area contributed by atoms with Crippen LogP contribution in [-0.4, -0.2) is 12.5 Å². The Bertz CT molecular complexity index is 519. The minimum Gasteiger partial charge on any atom is -0.309 e. The SMILES string of the molecule is C=CC1CC(=O)N(c2c(Cl)cccc2C#N)C1. The van der Waals surface area contributed by atoms with Gasteiger partial charge in [-0.1, -0.05) is 23.7 Å². The van der Waals surface area contributed by atoms with E-state index in [2.05, 4.69) is 12.6 Å². The third-order valence-corrected chi connectivity index (χ3v) is 3.17. The summed E-state index contributed by atoms with van der Waals surface area (Å²) >= 11 is 6.07. The van der Waals surface area contributed by atoms with Gasteiger partial charge in [-0.2, -0.15) is 5.26 Å². The average molecular weight is 247 g/mol. The van der Waals surface area contributed by atoms with Gasteiger partial charge >= 0.3 is 0 Å². The van der Waals surface area contributed by atoms with E-state index in [1.165, 1.54) is 0 Å². The Morgan fingerprint density at radius 1 is 1.59 bits per heavy atom. The summed E-state index contributed by atoms with van der Waals surface area (Å²) in [6.07, 6.45) is 2.19. The Kier molecular flexibility index (Phi) is 3.16. The minimum absolute atomic E-state index is 0.0144. The number of hydrogen-bond acceptors (Lipinski definition) is 2. The number of hydrogen-bond donors (Lipinski definition) is 0. The van der Waals surface area contributed by atoms with Crippen molar-refractivity contribution in [1.29, 1.82) is 5.26 Å². The maximum atomic E-state index is 11.9. The maximum Gasteiger partial charge on any atom is 0.227 e. The normalized spacial score (nSPS) is 19.2. The lowest BCUT2D eigenvalue weighted by Gasteiger charge is -2.19. The maximum absolute atomic E-state index is 11.9. The van der Waals surface area contributed by atoms with E-state index >= 15 is 0 Å². The van der Waals surface area contributed by atoms with Crippen LogP contribution in [0.15, 0.2) is 30.9 Å². The van der Waals surface area contributed by atoms with Gasteiger partial charge in [0, 0.05) is 18.9 Å². The van der Waals surface area contributed by atoms with Crippen molar-refractivity contribution >= 4 is 23.2 Å². The topological polar surface area (TPSA) is 44.1 Å². The summed E-state index contributed by atoms with van der Waals surface area (Å²) in [6.45, 7) is 4.24. The minimum atomic E-state index is -0.0144. The molecule has 86 valence electrons. The lowest BCUT2D eigenvalue weighted by molar-refractivity contribution is -0.117. The monoisotopic (exact) mass is 246 g/mol. The lowest BCUT2D eigenvalue weighted by atomic mass is 10.1. The zero-order valence-electron chi connectivity index (χ0n) is 9.19. The van der Waals surface area contributed by atoms with E-state index in [4.69, 9.17) is 16.9 Å². The highest BCUT2D eigenvalue weighted by atomic mass is 35.5. The van der Waals surface area contributed by atoms with Crippen molar-refractivity contribution in [2.45, 2.75) is 6.42 Å². The van der Waals surface area contributed by atoms with Crippen molar-refractivity contribution in [2.75, 3.05) is 11.4 Å². The number of nitrogens with zero attached hydrogens (tertiary/aromatic N) is 2. The molecule has 0 bridgehead atoms. The van der Waals surface area contributed by atoms with Gasteiger partial charge in [0.2, 0.25) is 5.91 Å². The van der Waals surface area contributed by atoms with Crippen molar-refractivity contribution in [3.63, 3.8) is 0 Å². The number of para-hydroxylation sites is 1. The summed E-state index contributed by atoms with van der Waals surface area (Å²) in [5.41, 5.74) is 0.946. The first-order valence-electron chi connectivity index (χ1n) is 5.29. The van der Waals surface area contributed by atoms with E-state index < -0.39 is 0 Å². The van der Waals surface area contributed by atoms with E-state index in [0.29, 0.717) is 29.2 Å². The van der Waals surface area contributed by atoms with Gasteiger partial charge in [0.05, 0.1) is 16.3 Å². The molecule has 1 saturated heterocycles. The summed E-state index contributed by atoms with van der Waals surface area (Å²) in [6, 6.07) is 7.12. The Hall–Kier alpha value is -1.79. The molecule has 17 heavy (non-hydrogen) atoms. The van der Waals surface area contributed by atoms with Gasteiger partial charge in [0.15, 0.2) is 0 Å². The van der Waals surface area contributed by atoms with Crippen LogP contribution in [0.4, 0.5) is 5.69 Å². The zero-order chi connectivity index (χ0) is 12.4. The zero-order valence-corrected chi connectivity index (χ0v) is 9.94. The van der Waals surface area contributed by atoms with Crippen LogP contribution in [-0.2, 0) is 4.79 Å². The second-order valence-corrected chi connectivity index (χ2v) is 4.36. The predicted octanol–water partition coefficient (Wildman–Crippen LogP) is 2.75. The molecule has 1 aromatic rings. The number of carbonyl (C=O) groups excluding carboxylic acids is 1. The van der Waals surface area contributed by atoms with Crippen LogP contribution >= 0.6 is 11.6 Å². The molecule has 0 aromatic heterocycles. The molecule has 0 radical (unpaired) electrons. The molecule has 1 unspecified atom stereocenters. The van der Waals surface area contributed by atoms with Crippen LogP contribution in [0.25, 0.3) is 0 Å². The number of carbonyl (C=O) groups is 1. The third kappa shape index (κ3) is 2.04. The highest BCUT2D eigenvalue weighted by Crippen LogP contribution is 2.34. The van der Waals surface area contributed by atoms with Crippen LogP contribution in [0.2, 0.25) is 5.02 Å². The molecule has 0 aliphatic carbocycles. The second-order valence-electron chi connectivity index (χ2n) is 3.95. The van der Waals surface area contributed by atoms with E-state index in [1.54, 1.807) is 29.2 Å². The second kappa shape index (κ2) is 4.60. The molecule has 1 amide bonds. The van der Waals surface area contributed by atoms with E-state index in [1.807, 2.05) is 0 Å². The van der Waals surface area contributed by atoms with Crippen molar-refractivity contribution in [3.8, 4) is 6.07 Å². The molecule has 4 heteroatoms. The van der Waals surface area contributed by atoms with Crippen LogP contribution in [0.3, 0.4) is 0 Å². The van der Waals surface area contributed by atoms with Crippen molar-refractivity contribution < 1.29 is 4.79 Å². The smallest absolute Gasteiger partial charge is 0.227 e. The molecule has 3 nitrogen and oxygen atoms in total. The Balaban J connectivity index is 2.45. The van der Waals surface area contributed by atoms with Crippen LogP contribution in [0, 0.1) is 17.2 Å². The average Bonchev–Trinajstić information content (AvgIpc) is 2.70. The Morgan fingerprint density at radius 3 is 2.94 bits per heavy atom. The summed E-state index contributed by atoms with van der Waals surface area (Å²) in [5, 5.41) is 9.48. The van der Waals surface area contributed by atoms with Crippen LogP contribution in [0.1, 0.15) is 12.0 Å². The van der Waals surface area contributed by atoms with Gasteiger partial charge in [-0.3, -0.25) is 4.79 Å². The third-order valence-electron chi connectivity index (χ3n) is 2.87. The molecule has 1 aliphatic rings. The molecule has 2 rings (SSSR count). The van der Waals surface area contributed by atoms with Gasteiger partial charge in [-0.25, -0.2) is 0 Å². The van der Waals surface area contributed by atoms with Gasteiger partial charge < -0.3 is 4.90 Å². The van der Waals surface area contributed by atoms with Gasteiger partial charge in [-0.15, -0.1) is 6.58 Å². The number of benzene rings is 1. The quantitative estimate of drug-likeness (QED) is 0.753. The Morgan fingerprint density at radius 2 is 2.35 bits per heavy atom. The van der Waals surface area contributed by atoms with E-state index in [-0.39, 0.29) is 11.8 Å². The first-order chi connectivity index (χ1) is 8.17. The van der Waals surface area contributed by atoms with Crippen molar-refractivity contribution in [3.05, 3.63) is 41.4 Å². The Labute approximate surface area is 105 Å². The molecule has 1 fully saturated rings. The summed E-state index contributed by atoms with van der Waals surface area (Å²) in [7, 11) is 0. The highest BCUT2D eigenvalue weighted by molar-refractivity contribution is 6.34. The largest absolute Gasteiger partial charge is 0.309 e. The number of nitriles is 1. The molecule has 1 aromatic carbocycles. The standard InChI is InChI=1S/C13H11ClN2O/c1-2-9-6-12(17)16(8-9)13-10(7-15)4-3-5-11(13)14/h2-5,9H,1,6,8H2. The summed E-state index contributed by atoms with van der Waals surface area (Å²) in [4.78, 5) is 13.5. The fourth-order valence-corrected chi connectivity index (χ4v) is 2.27. The van der Waals surface area contributed by atoms with Crippen molar-refractivity contribution in [1.82, 2.24) is 0 Å². The molecule has 0 saturated carbocycles. The number of anilines is 1. The number of amides is 1. The first-order valence-corrected chi connectivity index (χ1v) is 5.66. The highest BCUT2D eigenvalue weighted by Gasteiger charge is 2.31. The lowest BCUT2D eigenvalue weighted by Crippen LogP contribution is -2.25. The number of rotatable bonds is 2. The molecule has 1 heterocycles. The van der Waals surface area contributed by atoms with Gasteiger partial charge in [0.25, 0.3) is 0 Å². The molecular formula is C13H11ClN2O. The van der Waals surface area contributed by atoms with Gasteiger partial charge in [-0.05, 0) is 12.1 Å². The molecule has 0 N–H and O–H groups in total. The molecule has 0 spiro atoms. The summed E-state index contributed by atoms with van der Waals surface area (Å²) in [5.74, 6) is 0.116. The molecule has 1 aliphatic heterocycles. The molecule has 1 atom stereocenters. The fraction of sp³-hybridized carbons (Fsp3) is 0.231. The van der Waals surface area contributed by atoms with E-state index in [9.17, 15) is 4.79 Å². The fourth-order valence-electron chi connectivity index (χ4n) is 1.99. The van der Waals surface area contributed by atoms with Crippen molar-refractivity contribution in [2.24, 2.45) is 5.92 Å². The van der Waals surface area contributed by atoms with Crippen LogP contribution in [0.5, 0.6) is 0 Å². The number of halogens is 1. The first kappa shape index (κ1) is 11.7.